The minimum Gasteiger partial charge on any atom is -0.381 e. The van der Waals surface area contributed by atoms with E-state index in [4.69, 9.17) is 26.1 Å². The third-order valence-electron chi connectivity index (χ3n) is 9.55. The molecular formula is C28H48ClN5O3. The molecule has 2 heterocycles. The number of methoxy groups -OCH3 is 1. The van der Waals surface area contributed by atoms with Crippen molar-refractivity contribution in [3.05, 3.63) is 0 Å². The standard InChI is InChI=1S/C28H48ClN5O3/c1-18-32-33-28-24(17-26(35)30-14-15-37-21-6-4-3-5-7-21)31-27(19-8-10-20(29)11-9-19)23-16-22(36-2)12-13-25(23)34(18)28/h18-25,28,32-33H,3-17H2,1-2H3,(H,30,35)/t18?,19?,20?,22?,23?,24-,25?,28?/m0/s1. The number of carbonyl (C=O) groups excluding carboxylic acids is 1. The predicted molar refractivity (Wildman–Crippen MR) is 147 cm³/mol. The molecule has 0 aromatic carbocycles. The van der Waals surface area contributed by atoms with E-state index in [9.17, 15) is 4.79 Å². The lowest BCUT2D eigenvalue weighted by atomic mass is 9.72. The molecule has 5 rings (SSSR count). The van der Waals surface area contributed by atoms with Gasteiger partial charge in [-0.05, 0) is 70.6 Å². The second-order valence-corrected chi connectivity index (χ2v) is 12.6. The number of hydrogen-bond donors (Lipinski definition) is 3. The van der Waals surface area contributed by atoms with E-state index in [0.29, 0.717) is 43.6 Å². The van der Waals surface area contributed by atoms with Crippen LogP contribution in [0.3, 0.4) is 0 Å². The van der Waals surface area contributed by atoms with Gasteiger partial charge in [0.05, 0.1) is 43.6 Å². The van der Waals surface area contributed by atoms with Gasteiger partial charge in [-0.1, -0.05) is 19.3 Å². The molecule has 0 aromatic rings. The van der Waals surface area contributed by atoms with Crippen molar-refractivity contribution in [2.24, 2.45) is 16.8 Å². The number of aliphatic imine (C=N–C) groups is 1. The van der Waals surface area contributed by atoms with E-state index in [1.165, 1.54) is 25.0 Å². The number of nitrogens with one attached hydrogen (secondary N) is 3. The van der Waals surface area contributed by atoms with Crippen LogP contribution in [0.2, 0.25) is 0 Å². The molecule has 0 aromatic heterocycles. The van der Waals surface area contributed by atoms with Gasteiger partial charge < -0.3 is 14.8 Å². The zero-order valence-electron chi connectivity index (χ0n) is 22.8. The van der Waals surface area contributed by atoms with Crippen molar-refractivity contribution in [3.63, 3.8) is 0 Å². The third kappa shape index (κ3) is 6.69. The molecular weight excluding hydrogens is 490 g/mol. The van der Waals surface area contributed by atoms with Crippen molar-refractivity contribution in [2.75, 3.05) is 20.3 Å². The molecule has 0 radical (unpaired) electrons. The molecule has 4 fully saturated rings. The van der Waals surface area contributed by atoms with E-state index in [1.54, 1.807) is 0 Å². The topological polar surface area (TPSA) is 87.2 Å². The third-order valence-corrected chi connectivity index (χ3v) is 9.99. The molecule has 5 unspecified atom stereocenters. The maximum absolute atomic E-state index is 13.1. The van der Waals surface area contributed by atoms with Crippen LogP contribution in [0.1, 0.15) is 90.4 Å². The van der Waals surface area contributed by atoms with E-state index in [2.05, 4.69) is 28.0 Å². The van der Waals surface area contributed by atoms with Crippen molar-refractivity contribution in [1.82, 2.24) is 21.1 Å². The van der Waals surface area contributed by atoms with Gasteiger partial charge in [0.15, 0.2) is 0 Å². The normalized spacial score (nSPS) is 39.4. The quantitative estimate of drug-likeness (QED) is 0.323. The summed E-state index contributed by atoms with van der Waals surface area (Å²) in [5.41, 5.74) is 8.29. The number of halogens is 1. The monoisotopic (exact) mass is 537 g/mol. The fourth-order valence-corrected chi connectivity index (χ4v) is 7.82. The van der Waals surface area contributed by atoms with Crippen LogP contribution in [0.5, 0.6) is 0 Å². The Morgan fingerprint density at radius 3 is 2.59 bits per heavy atom. The highest BCUT2D eigenvalue weighted by Gasteiger charge is 2.50. The number of ether oxygens (including phenoxy) is 2. The number of hydrogen-bond acceptors (Lipinski definition) is 7. The Kier molecular flexibility index (Phi) is 9.80. The molecule has 210 valence electrons. The lowest BCUT2D eigenvalue weighted by molar-refractivity contribution is -0.122. The Hall–Kier alpha value is -0.770. The van der Waals surface area contributed by atoms with Crippen LogP contribution in [0, 0.1) is 11.8 Å². The van der Waals surface area contributed by atoms with Gasteiger partial charge in [0, 0.05) is 36.7 Å². The Morgan fingerprint density at radius 1 is 1.05 bits per heavy atom. The highest BCUT2D eigenvalue weighted by atomic mass is 35.5. The summed E-state index contributed by atoms with van der Waals surface area (Å²) in [5.74, 6) is 0.876. The Bertz CT molecular complexity index is 786. The average molecular weight is 538 g/mol. The fourth-order valence-electron chi connectivity index (χ4n) is 7.57. The van der Waals surface area contributed by atoms with E-state index < -0.39 is 0 Å². The molecule has 0 bridgehead atoms. The van der Waals surface area contributed by atoms with Gasteiger partial charge in [-0.15, -0.1) is 11.6 Å². The van der Waals surface area contributed by atoms with E-state index in [-0.39, 0.29) is 35.8 Å². The highest BCUT2D eigenvalue weighted by molar-refractivity contribution is 6.20. The van der Waals surface area contributed by atoms with E-state index in [0.717, 1.165) is 57.8 Å². The van der Waals surface area contributed by atoms with Gasteiger partial charge in [0.1, 0.15) is 0 Å². The summed E-state index contributed by atoms with van der Waals surface area (Å²) in [6, 6.07) is 0.269. The van der Waals surface area contributed by atoms with Crippen LogP contribution in [-0.2, 0) is 14.3 Å². The van der Waals surface area contributed by atoms with Crippen molar-refractivity contribution >= 4 is 23.2 Å². The first kappa shape index (κ1) is 27.8. The average Bonchev–Trinajstić information content (AvgIpc) is 3.24. The molecule has 6 atom stereocenters. The Balaban J connectivity index is 1.29. The zero-order valence-corrected chi connectivity index (χ0v) is 23.6. The predicted octanol–water partition coefficient (Wildman–Crippen LogP) is 3.73. The van der Waals surface area contributed by atoms with Gasteiger partial charge >= 0.3 is 0 Å². The molecule has 8 nitrogen and oxygen atoms in total. The summed E-state index contributed by atoms with van der Waals surface area (Å²) >= 11 is 6.49. The molecule has 3 N–H and O–H groups in total. The van der Waals surface area contributed by atoms with Crippen LogP contribution in [0.15, 0.2) is 4.99 Å². The Labute approximate surface area is 228 Å². The van der Waals surface area contributed by atoms with Crippen LogP contribution >= 0.6 is 11.6 Å². The molecule has 0 spiro atoms. The number of fused-ring (bicyclic) bond motifs is 3. The first-order valence-electron chi connectivity index (χ1n) is 14.9. The SMILES string of the molecule is COC1CCC2C(C1)C(C1CCC(Cl)CC1)=N[C@@H](CC(=O)NCCOC1CCCCC1)C1NNC(C)N21. The van der Waals surface area contributed by atoms with Crippen molar-refractivity contribution in [3.8, 4) is 0 Å². The number of alkyl halides is 1. The number of carbonyl (C=O) groups is 1. The van der Waals surface area contributed by atoms with Gasteiger partial charge in [-0.3, -0.25) is 14.7 Å². The van der Waals surface area contributed by atoms with Crippen molar-refractivity contribution in [2.45, 2.75) is 132 Å². The van der Waals surface area contributed by atoms with E-state index >= 15 is 0 Å². The zero-order chi connectivity index (χ0) is 25.8. The maximum Gasteiger partial charge on any atom is 0.222 e. The first-order chi connectivity index (χ1) is 18.0. The number of hydrazine groups is 1. The number of rotatable bonds is 8. The lowest BCUT2D eigenvalue weighted by Gasteiger charge is -2.44. The summed E-state index contributed by atoms with van der Waals surface area (Å²) in [7, 11) is 1.84. The second kappa shape index (κ2) is 13.1. The molecule has 5 aliphatic rings. The fraction of sp³-hybridized carbons (Fsp3) is 0.929. The minimum atomic E-state index is -0.132. The van der Waals surface area contributed by atoms with Crippen LogP contribution < -0.4 is 16.2 Å². The molecule has 3 aliphatic carbocycles. The lowest BCUT2D eigenvalue weighted by Crippen LogP contribution is -2.55. The van der Waals surface area contributed by atoms with Gasteiger partial charge in [-0.2, -0.15) is 0 Å². The maximum atomic E-state index is 13.1. The van der Waals surface area contributed by atoms with Gasteiger partial charge in [0.2, 0.25) is 5.91 Å². The van der Waals surface area contributed by atoms with E-state index in [1.807, 2.05) is 7.11 Å². The largest absolute Gasteiger partial charge is 0.381 e. The van der Waals surface area contributed by atoms with Crippen molar-refractivity contribution in [1.29, 1.82) is 0 Å². The van der Waals surface area contributed by atoms with Crippen molar-refractivity contribution < 1.29 is 14.3 Å². The summed E-state index contributed by atoms with van der Waals surface area (Å²) in [5, 5.41) is 3.40. The summed E-state index contributed by atoms with van der Waals surface area (Å²) in [4.78, 5) is 21.2. The first-order valence-corrected chi connectivity index (χ1v) is 15.4. The minimum absolute atomic E-state index is 0.00713. The van der Waals surface area contributed by atoms with Crippen LogP contribution in [0.25, 0.3) is 0 Å². The van der Waals surface area contributed by atoms with Crippen LogP contribution in [0.4, 0.5) is 0 Å². The number of amides is 1. The molecule has 9 heteroatoms. The summed E-state index contributed by atoms with van der Waals surface area (Å²) < 4.78 is 11.9. The van der Waals surface area contributed by atoms with Gasteiger partial charge in [-0.25, -0.2) is 10.9 Å². The number of nitrogens with zero attached hydrogens (tertiary/aromatic N) is 2. The van der Waals surface area contributed by atoms with Gasteiger partial charge in [0.25, 0.3) is 0 Å². The second-order valence-electron chi connectivity index (χ2n) is 12.0. The highest BCUT2D eigenvalue weighted by Crippen LogP contribution is 2.41. The Morgan fingerprint density at radius 2 is 1.84 bits per heavy atom. The molecule has 37 heavy (non-hydrogen) atoms. The molecule has 1 saturated heterocycles. The molecule has 3 saturated carbocycles. The summed E-state index contributed by atoms with van der Waals surface area (Å²) in [6.07, 6.45) is 14.8. The summed E-state index contributed by atoms with van der Waals surface area (Å²) in [6.45, 7) is 3.37. The smallest absolute Gasteiger partial charge is 0.222 e. The van der Waals surface area contributed by atoms with Crippen LogP contribution in [-0.4, -0.2) is 78.8 Å². The molecule has 1 amide bonds. The molecule has 2 aliphatic heterocycles.